The Morgan fingerprint density at radius 3 is 2.63 bits per heavy atom. The van der Waals surface area contributed by atoms with Gasteiger partial charge in [-0.05, 0) is 46.1 Å². The number of phenols is 1. The molecular formula is C22H23BrN2O5. The predicted molar refractivity (Wildman–Crippen MR) is 115 cm³/mol. The molecule has 0 saturated carbocycles. The Balaban J connectivity index is 1.89. The van der Waals surface area contributed by atoms with Crippen LogP contribution in [0, 0.1) is 0 Å². The van der Waals surface area contributed by atoms with Crippen molar-refractivity contribution in [2.45, 2.75) is 19.4 Å². The first kappa shape index (κ1) is 21.7. The number of carbonyl (C=O) groups excluding carboxylic acids is 2. The lowest BCUT2D eigenvalue weighted by molar-refractivity contribution is -0.139. The van der Waals surface area contributed by atoms with Crippen LogP contribution < -0.4 is 10.1 Å². The molecule has 2 N–H and O–H groups in total. The fourth-order valence-electron chi connectivity index (χ4n) is 3.25. The molecule has 2 amide bonds. The van der Waals surface area contributed by atoms with Gasteiger partial charge in [0, 0.05) is 19.2 Å². The molecule has 0 fully saturated rings. The van der Waals surface area contributed by atoms with Gasteiger partial charge >= 0.3 is 12.0 Å². The van der Waals surface area contributed by atoms with Gasteiger partial charge in [0.15, 0.2) is 11.5 Å². The van der Waals surface area contributed by atoms with Crippen LogP contribution in [0.4, 0.5) is 4.79 Å². The van der Waals surface area contributed by atoms with Crippen molar-refractivity contribution in [1.82, 2.24) is 10.2 Å². The summed E-state index contributed by atoms with van der Waals surface area (Å²) in [6.45, 7) is 1.92. The second-order valence-electron chi connectivity index (χ2n) is 6.87. The smallest absolute Gasteiger partial charge is 0.338 e. The molecule has 1 heterocycles. The molecule has 2 aromatic rings. The van der Waals surface area contributed by atoms with Crippen molar-refractivity contribution in [3.8, 4) is 11.5 Å². The molecule has 30 heavy (non-hydrogen) atoms. The molecule has 1 atom stereocenters. The predicted octanol–water partition coefficient (Wildman–Crippen LogP) is 3.92. The highest BCUT2D eigenvalue weighted by molar-refractivity contribution is 9.10. The van der Waals surface area contributed by atoms with E-state index in [9.17, 15) is 14.7 Å². The van der Waals surface area contributed by atoms with Crippen LogP contribution >= 0.6 is 15.9 Å². The number of hydrogen-bond acceptors (Lipinski definition) is 5. The highest BCUT2D eigenvalue weighted by atomic mass is 79.9. The second kappa shape index (κ2) is 9.21. The van der Waals surface area contributed by atoms with Crippen LogP contribution in [-0.4, -0.2) is 42.8 Å². The number of benzene rings is 2. The number of carbonyl (C=O) groups is 2. The summed E-state index contributed by atoms with van der Waals surface area (Å²) in [6.07, 6.45) is 0.588. The van der Waals surface area contributed by atoms with Crippen LogP contribution in [0.1, 0.15) is 24.1 Å². The fraction of sp³-hybridized carbons (Fsp3) is 0.273. The number of ether oxygens (including phenoxy) is 2. The lowest BCUT2D eigenvalue weighted by Crippen LogP contribution is -2.46. The third kappa shape index (κ3) is 4.43. The Bertz CT molecular complexity index is 991. The third-order valence-electron chi connectivity index (χ3n) is 5.04. The minimum Gasteiger partial charge on any atom is -0.503 e. The van der Waals surface area contributed by atoms with E-state index in [1.54, 1.807) is 26.1 Å². The molecule has 0 aromatic heterocycles. The number of methoxy groups -OCH3 is 1. The number of phenolic OH excluding ortho intramolecular Hbond substituents is 1. The quantitative estimate of drug-likeness (QED) is 0.619. The van der Waals surface area contributed by atoms with Gasteiger partial charge < -0.3 is 24.8 Å². The molecule has 158 valence electrons. The van der Waals surface area contributed by atoms with Crippen LogP contribution in [-0.2, 0) is 16.0 Å². The second-order valence-corrected chi connectivity index (χ2v) is 7.72. The first-order valence-corrected chi connectivity index (χ1v) is 10.1. The summed E-state index contributed by atoms with van der Waals surface area (Å²) in [5.74, 6) is -0.348. The highest BCUT2D eigenvalue weighted by Gasteiger charge is 2.35. The topological polar surface area (TPSA) is 88.1 Å². The van der Waals surface area contributed by atoms with Crippen molar-refractivity contribution in [3.63, 3.8) is 0 Å². The Hall–Kier alpha value is -3.00. The molecule has 1 aliphatic rings. The molecule has 7 nitrogen and oxygen atoms in total. The number of nitrogens with zero attached hydrogens (tertiary/aromatic N) is 1. The monoisotopic (exact) mass is 474 g/mol. The number of allylic oxidation sites excluding steroid dienone is 1. The molecule has 0 aliphatic carbocycles. The van der Waals surface area contributed by atoms with Gasteiger partial charge in [-0.15, -0.1) is 0 Å². The van der Waals surface area contributed by atoms with Gasteiger partial charge in [-0.1, -0.05) is 30.3 Å². The van der Waals surface area contributed by atoms with Gasteiger partial charge in [-0.25, -0.2) is 9.59 Å². The van der Waals surface area contributed by atoms with Crippen LogP contribution in [0.15, 0.2) is 58.2 Å². The summed E-state index contributed by atoms with van der Waals surface area (Å²) < 4.78 is 11.1. The minimum atomic E-state index is -0.747. The summed E-state index contributed by atoms with van der Waals surface area (Å²) in [4.78, 5) is 26.8. The van der Waals surface area contributed by atoms with E-state index in [2.05, 4.69) is 21.2 Å². The molecule has 2 aromatic carbocycles. The van der Waals surface area contributed by atoms with E-state index in [4.69, 9.17) is 9.47 Å². The van der Waals surface area contributed by atoms with E-state index >= 15 is 0 Å². The number of hydrogen-bond donors (Lipinski definition) is 2. The van der Waals surface area contributed by atoms with Gasteiger partial charge in [-0.2, -0.15) is 0 Å². The van der Waals surface area contributed by atoms with Gasteiger partial charge in [0.05, 0.1) is 29.8 Å². The van der Waals surface area contributed by atoms with Crippen LogP contribution in [0.25, 0.3) is 0 Å². The molecule has 0 saturated heterocycles. The van der Waals surface area contributed by atoms with Crippen molar-refractivity contribution in [2.75, 3.05) is 20.8 Å². The van der Waals surface area contributed by atoms with Crippen molar-refractivity contribution >= 4 is 27.9 Å². The lowest BCUT2D eigenvalue weighted by atomic mass is 9.94. The van der Waals surface area contributed by atoms with Crippen LogP contribution in [0.5, 0.6) is 11.5 Å². The Morgan fingerprint density at radius 1 is 1.27 bits per heavy atom. The first-order valence-electron chi connectivity index (χ1n) is 9.36. The largest absolute Gasteiger partial charge is 0.503 e. The summed E-state index contributed by atoms with van der Waals surface area (Å²) in [5.41, 5.74) is 2.46. The van der Waals surface area contributed by atoms with Gasteiger partial charge in [-0.3, -0.25) is 0 Å². The van der Waals surface area contributed by atoms with Crippen molar-refractivity contribution in [3.05, 3.63) is 69.3 Å². The minimum absolute atomic E-state index is 0.0619. The van der Waals surface area contributed by atoms with Crippen LogP contribution in [0.3, 0.4) is 0 Å². The zero-order valence-electron chi connectivity index (χ0n) is 16.9. The molecule has 1 aliphatic heterocycles. The van der Waals surface area contributed by atoms with E-state index in [0.29, 0.717) is 27.7 Å². The standard InChI is InChI=1S/C22H23BrN2O5/c1-13-18(21(27)30-10-9-14-7-5-4-6-8-14)19(24-22(28)25(13)2)15-11-16(23)20(26)17(12-15)29-3/h4-8,11-12,19,26H,9-10H2,1-3H3,(H,24,28). The maximum atomic E-state index is 13.0. The Labute approximate surface area is 183 Å². The van der Waals surface area contributed by atoms with Gasteiger partial charge in [0.1, 0.15) is 0 Å². The summed E-state index contributed by atoms with van der Waals surface area (Å²) in [6, 6.07) is 11.9. The van der Waals surface area contributed by atoms with E-state index in [-0.39, 0.29) is 24.1 Å². The Morgan fingerprint density at radius 2 is 1.97 bits per heavy atom. The summed E-state index contributed by atoms with van der Waals surface area (Å²) in [7, 11) is 3.02. The molecule has 3 rings (SSSR count). The first-order chi connectivity index (χ1) is 14.3. The highest BCUT2D eigenvalue weighted by Crippen LogP contribution is 2.40. The molecule has 1 unspecified atom stereocenters. The van der Waals surface area contributed by atoms with E-state index < -0.39 is 12.0 Å². The SMILES string of the molecule is COc1cc(C2NC(=O)N(C)C(C)=C2C(=O)OCCc2ccccc2)cc(Br)c1O. The lowest BCUT2D eigenvalue weighted by Gasteiger charge is -2.33. The molecular weight excluding hydrogens is 452 g/mol. The Kier molecular flexibility index (Phi) is 6.66. The zero-order valence-corrected chi connectivity index (χ0v) is 18.5. The number of nitrogens with one attached hydrogen (secondary N) is 1. The van der Waals surface area contributed by atoms with Crippen molar-refractivity contribution in [1.29, 1.82) is 0 Å². The van der Waals surface area contributed by atoms with E-state index in [1.807, 2.05) is 30.3 Å². The summed E-state index contributed by atoms with van der Waals surface area (Å²) in [5, 5.41) is 12.9. The molecule has 0 bridgehead atoms. The maximum Gasteiger partial charge on any atom is 0.338 e. The maximum absolute atomic E-state index is 13.0. The number of aromatic hydroxyl groups is 1. The molecule has 0 radical (unpaired) electrons. The van der Waals surface area contributed by atoms with Gasteiger partial charge in [0.25, 0.3) is 0 Å². The number of urea groups is 1. The summed E-state index contributed by atoms with van der Waals surface area (Å²) >= 11 is 3.29. The normalized spacial score (nSPS) is 16.3. The van der Waals surface area contributed by atoms with E-state index in [1.165, 1.54) is 12.0 Å². The zero-order chi connectivity index (χ0) is 21.8. The molecule has 8 heteroatoms. The third-order valence-corrected chi connectivity index (χ3v) is 5.65. The number of halogens is 1. The van der Waals surface area contributed by atoms with Crippen molar-refractivity contribution < 1.29 is 24.2 Å². The fourth-order valence-corrected chi connectivity index (χ4v) is 3.71. The number of amides is 2. The number of rotatable bonds is 6. The number of esters is 1. The van der Waals surface area contributed by atoms with Crippen molar-refractivity contribution in [2.24, 2.45) is 0 Å². The molecule has 0 spiro atoms. The van der Waals surface area contributed by atoms with Gasteiger partial charge in [0.2, 0.25) is 0 Å². The van der Waals surface area contributed by atoms with E-state index in [0.717, 1.165) is 5.56 Å². The van der Waals surface area contributed by atoms with Crippen LogP contribution in [0.2, 0.25) is 0 Å². The average Bonchev–Trinajstić information content (AvgIpc) is 2.74. The average molecular weight is 475 g/mol.